The Kier molecular flexibility index (Phi) is 3.66. The van der Waals surface area contributed by atoms with Gasteiger partial charge in [-0.3, -0.25) is 4.79 Å². The van der Waals surface area contributed by atoms with Gasteiger partial charge < -0.3 is 14.8 Å². The number of anilines is 1. The smallest absolute Gasteiger partial charge is 0.268 e. The molecular weight excluding hydrogens is 380 g/mol. The molecule has 0 saturated heterocycles. The summed E-state index contributed by atoms with van der Waals surface area (Å²) in [5.74, 6) is 1.15. The molecule has 0 spiro atoms. The third kappa shape index (κ3) is 2.77. The van der Waals surface area contributed by atoms with Crippen molar-refractivity contribution in [2.45, 2.75) is 0 Å². The Morgan fingerprint density at radius 3 is 2.83 bits per heavy atom. The number of halogens is 1. The maximum Gasteiger partial charge on any atom is 0.268 e. The minimum absolute atomic E-state index is 0.188. The molecule has 0 unspecified atom stereocenters. The van der Waals surface area contributed by atoms with Crippen LogP contribution in [0.4, 0.5) is 5.69 Å². The molecule has 1 aliphatic rings. The Bertz CT molecular complexity index is 909. The molecule has 1 amide bonds. The quantitative estimate of drug-likeness (QED) is 0.715. The first-order valence-corrected chi connectivity index (χ1v) is 8.53. The van der Waals surface area contributed by atoms with Crippen LogP contribution in [0.15, 0.2) is 40.9 Å². The fraction of sp³-hybridized carbons (Fsp3) is 0.125. The molecule has 0 saturated carbocycles. The summed E-state index contributed by atoms with van der Waals surface area (Å²) in [4.78, 5) is 13.1. The van der Waals surface area contributed by atoms with E-state index in [0.29, 0.717) is 35.3 Å². The zero-order valence-electron chi connectivity index (χ0n) is 11.8. The number of ether oxygens (including phenoxy) is 2. The molecule has 23 heavy (non-hydrogen) atoms. The highest BCUT2D eigenvalue weighted by Gasteiger charge is 2.17. The minimum Gasteiger partial charge on any atom is -0.486 e. The van der Waals surface area contributed by atoms with Crippen LogP contribution in [0.2, 0.25) is 0 Å². The number of carbonyl (C=O) groups excluding carboxylic acids is 1. The fourth-order valence-electron chi connectivity index (χ4n) is 2.39. The molecule has 0 aliphatic carbocycles. The van der Waals surface area contributed by atoms with E-state index in [1.165, 1.54) is 11.5 Å². The zero-order chi connectivity index (χ0) is 15.8. The third-order valence-electron chi connectivity index (χ3n) is 3.44. The number of carbonyl (C=O) groups is 1. The number of benzene rings is 2. The van der Waals surface area contributed by atoms with E-state index >= 15 is 0 Å². The van der Waals surface area contributed by atoms with E-state index in [0.717, 1.165) is 15.4 Å². The van der Waals surface area contributed by atoms with E-state index < -0.39 is 0 Å². The van der Waals surface area contributed by atoms with Crippen molar-refractivity contribution < 1.29 is 14.3 Å². The lowest BCUT2D eigenvalue weighted by atomic mass is 10.2. The molecule has 0 radical (unpaired) electrons. The van der Waals surface area contributed by atoms with Crippen molar-refractivity contribution in [1.82, 2.24) is 4.37 Å². The highest BCUT2D eigenvalue weighted by Crippen LogP contribution is 2.33. The lowest BCUT2D eigenvalue weighted by Gasteiger charge is -2.18. The summed E-state index contributed by atoms with van der Waals surface area (Å²) >= 11 is 4.61. The van der Waals surface area contributed by atoms with Crippen molar-refractivity contribution in [3.63, 3.8) is 0 Å². The van der Waals surface area contributed by atoms with Crippen molar-refractivity contribution in [2.75, 3.05) is 18.5 Å². The molecule has 1 aromatic heterocycles. The maximum atomic E-state index is 12.5. The van der Waals surface area contributed by atoms with Crippen LogP contribution in [0, 0.1) is 0 Å². The lowest BCUT2D eigenvalue weighted by molar-refractivity contribution is 0.103. The van der Waals surface area contributed by atoms with Gasteiger partial charge in [-0.25, -0.2) is 0 Å². The van der Waals surface area contributed by atoms with Gasteiger partial charge in [-0.15, -0.1) is 0 Å². The van der Waals surface area contributed by atoms with Gasteiger partial charge in [0, 0.05) is 21.6 Å². The summed E-state index contributed by atoms with van der Waals surface area (Å²) < 4.78 is 16.2. The van der Waals surface area contributed by atoms with Crippen LogP contribution in [-0.2, 0) is 0 Å². The summed E-state index contributed by atoms with van der Waals surface area (Å²) in [6.07, 6.45) is 0. The predicted molar refractivity (Wildman–Crippen MR) is 92.7 cm³/mol. The van der Waals surface area contributed by atoms with Crippen LogP contribution in [0.25, 0.3) is 10.9 Å². The second kappa shape index (κ2) is 5.82. The van der Waals surface area contributed by atoms with E-state index in [2.05, 4.69) is 25.6 Å². The van der Waals surface area contributed by atoms with Crippen molar-refractivity contribution in [3.05, 3.63) is 45.7 Å². The molecular formula is C16H11BrN2O3S. The molecule has 0 atom stereocenters. The molecule has 2 aromatic carbocycles. The second-order valence-electron chi connectivity index (χ2n) is 4.99. The Balaban J connectivity index is 1.63. The predicted octanol–water partition coefficient (Wildman–Crippen LogP) is 4.08. The van der Waals surface area contributed by atoms with E-state index in [-0.39, 0.29) is 5.91 Å². The van der Waals surface area contributed by atoms with Gasteiger partial charge in [0.15, 0.2) is 11.5 Å². The van der Waals surface area contributed by atoms with Crippen LogP contribution in [0.3, 0.4) is 0 Å². The van der Waals surface area contributed by atoms with E-state index in [4.69, 9.17) is 9.47 Å². The number of fused-ring (bicyclic) bond motifs is 2. The molecule has 5 nitrogen and oxygen atoms in total. The lowest BCUT2D eigenvalue weighted by Crippen LogP contribution is -2.16. The van der Waals surface area contributed by atoms with E-state index in [9.17, 15) is 4.79 Å². The Hall–Kier alpha value is -2.12. The van der Waals surface area contributed by atoms with E-state index in [1.54, 1.807) is 18.2 Å². The molecule has 116 valence electrons. The monoisotopic (exact) mass is 390 g/mol. The maximum absolute atomic E-state index is 12.5. The van der Waals surface area contributed by atoms with Gasteiger partial charge in [0.25, 0.3) is 5.91 Å². The number of amides is 1. The van der Waals surface area contributed by atoms with Crippen LogP contribution < -0.4 is 14.8 Å². The number of rotatable bonds is 2. The molecule has 1 aliphatic heterocycles. The molecule has 4 rings (SSSR count). The number of hydrogen-bond acceptors (Lipinski definition) is 5. The van der Waals surface area contributed by atoms with Gasteiger partial charge in [0.1, 0.15) is 18.1 Å². The van der Waals surface area contributed by atoms with Gasteiger partial charge in [-0.2, -0.15) is 4.37 Å². The Morgan fingerprint density at radius 2 is 1.96 bits per heavy atom. The number of aromatic nitrogens is 1. The normalized spacial score (nSPS) is 13.1. The van der Waals surface area contributed by atoms with Crippen LogP contribution in [0.5, 0.6) is 11.5 Å². The average Bonchev–Trinajstić information content (AvgIpc) is 2.98. The summed E-state index contributed by atoms with van der Waals surface area (Å²) in [6, 6.07) is 11.1. The van der Waals surface area contributed by atoms with Crippen LogP contribution in [-0.4, -0.2) is 23.5 Å². The van der Waals surface area contributed by atoms with Crippen molar-refractivity contribution >= 4 is 50.0 Å². The molecule has 1 N–H and O–H groups in total. The summed E-state index contributed by atoms with van der Waals surface area (Å²) in [7, 11) is 0. The summed E-state index contributed by atoms with van der Waals surface area (Å²) in [5.41, 5.74) is 1.47. The Labute approximate surface area is 144 Å². The molecule has 7 heteroatoms. The average molecular weight is 391 g/mol. The summed E-state index contributed by atoms with van der Waals surface area (Å²) in [5, 5.41) is 3.72. The minimum atomic E-state index is -0.188. The van der Waals surface area contributed by atoms with Gasteiger partial charge in [0.05, 0.1) is 5.52 Å². The van der Waals surface area contributed by atoms with Crippen molar-refractivity contribution in [2.24, 2.45) is 0 Å². The highest BCUT2D eigenvalue weighted by molar-refractivity contribution is 9.10. The standard InChI is InChI=1S/C16H11BrN2O3S/c17-9-1-3-12-11(7-9)15(23-19-12)16(20)18-10-2-4-13-14(8-10)22-6-5-21-13/h1-4,7-8H,5-6H2,(H,18,20). The van der Waals surface area contributed by atoms with Gasteiger partial charge >= 0.3 is 0 Å². The van der Waals surface area contributed by atoms with Gasteiger partial charge in [-0.05, 0) is 41.9 Å². The summed E-state index contributed by atoms with van der Waals surface area (Å²) in [6.45, 7) is 1.05. The molecule has 0 bridgehead atoms. The van der Waals surface area contributed by atoms with Gasteiger partial charge in [0.2, 0.25) is 0 Å². The number of nitrogens with one attached hydrogen (secondary N) is 1. The SMILES string of the molecule is O=C(Nc1ccc2c(c1)OCCO2)c1snc2ccc(Br)cc12. The first kappa shape index (κ1) is 14.5. The molecule has 0 fully saturated rings. The van der Waals surface area contributed by atoms with Crippen molar-refractivity contribution in [1.29, 1.82) is 0 Å². The fourth-order valence-corrected chi connectivity index (χ4v) is 3.49. The zero-order valence-corrected chi connectivity index (χ0v) is 14.2. The van der Waals surface area contributed by atoms with Crippen LogP contribution in [0.1, 0.15) is 9.67 Å². The van der Waals surface area contributed by atoms with Crippen molar-refractivity contribution in [3.8, 4) is 11.5 Å². The highest BCUT2D eigenvalue weighted by atomic mass is 79.9. The topological polar surface area (TPSA) is 60.5 Å². The van der Waals surface area contributed by atoms with E-state index in [1.807, 2.05) is 18.2 Å². The third-order valence-corrected chi connectivity index (χ3v) is 4.81. The molecule has 3 aromatic rings. The first-order chi connectivity index (χ1) is 11.2. The number of nitrogens with zero attached hydrogens (tertiary/aromatic N) is 1. The molecule has 2 heterocycles. The van der Waals surface area contributed by atoms with Gasteiger partial charge in [-0.1, -0.05) is 15.9 Å². The second-order valence-corrected chi connectivity index (χ2v) is 6.67. The first-order valence-electron chi connectivity index (χ1n) is 6.97. The number of hydrogen-bond donors (Lipinski definition) is 1. The van der Waals surface area contributed by atoms with Crippen LogP contribution >= 0.6 is 27.5 Å². The largest absolute Gasteiger partial charge is 0.486 e. The Morgan fingerprint density at radius 1 is 1.13 bits per heavy atom.